The number of carbonyl (C=O) groups is 1. The second kappa shape index (κ2) is 7.26. The first-order valence-electron chi connectivity index (χ1n) is 6.90. The van der Waals surface area contributed by atoms with E-state index in [0.717, 1.165) is 25.3 Å². The summed E-state index contributed by atoms with van der Waals surface area (Å²) in [5.41, 5.74) is 1.11. The minimum Gasteiger partial charge on any atom is -0.484 e. The molecule has 1 aliphatic rings. The molecule has 5 nitrogen and oxygen atoms in total. The topological polar surface area (TPSA) is 50.8 Å². The zero-order chi connectivity index (χ0) is 14.4. The summed E-state index contributed by atoms with van der Waals surface area (Å²) in [4.78, 5) is 13.9. The van der Waals surface area contributed by atoms with Gasteiger partial charge in [0.25, 0.3) is 5.91 Å². The molecule has 1 amide bonds. The third kappa shape index (κ3) is 4.83. The van der Waals surface area contributed by atoms with E-state index in [4.69, 9.17) is 9.47 Å². The molecular formula is C15H22N2O3. The fraction of sp³-hybridized carbons (Fsp3) is 0.533. The number of nitrogens with zero attached hydrogens (tertiary/aromatic N) is 1. The summed E-state index contributed by atoms with van der Waals surface area (Å²) in [5, 5.41) is 2.84. The summed E-state index contributed by atoms with van der Waals surface area (Å²) in [6.45, 7) is 5.06. The highest BCUT2D eigenvalue weighted by Gasteiger charge is 2.18. The van der Waals surface area contributed by atoms with Gasteiger partial charge in [0, 0.05) is 19.6 Å². The van der Waals surface area contributed by atoms with Crippen LogP contribution in [0.15, 0.2) is 24.3 Å². The first-order valence-corrected chi connectivity index (χ1v) is 6.90. The van der Waals surface area contributed by atoms with Crippen LogP contribution in [0.25, 0.3) is 0 Å². The average Bonchev–Trinajstić information content (AvgIpc) is 2.43. The molecule has 1 saturated heterocycles. The lowest BCUT2D eigenvalue weighted by Crippen LogP contribution is -2.46. The zero-order valence-electron chi connectivity index (χ0n) is 12.1. The summed E-state index contributed by atoms with van der Waals surface area (Å²) < 4.78 is 11.0. The van der Waals surface area contributed by atoms with E-state index in [0.29, 0.717) is 12.3 Å². The Balaban J connectivity index is 1.67. The molecule has 20 heavy (non-hydrogen) atoms. The van der Waals surface area contributed by atoms with E-state index in [2.05, 4.69) is 17.3 Å². The maximum absolute atomic E-state index is 11.7. The molecule has 110 valence electrons. The molecule has 0 bridgehead atoms. The Bertz CT molecular complexity index is 450. The molecule has 1 aliphatic heterocycles. The van der Waals surface area contributed by atoms with E-state index >= 15 is 0 Å². The largest absolute Gasteiger partial charge is 0.484 e. The van der Waals surface area contributed by atoms with E-state index in [-0.39, 0.29) is 18.6 Å². The van der Waals surface area contributed by atoms with Crippen LogP contribution in [0.1, 0.15) is 5.56 Å². The van der Waals surface area contributed by atoms with Crippen molar-refractivity contribution >= 4 is 5.91 Å². The van der Waals surface area contributed by atoms with Gasteiger partial charge in [-0.3, -0.25) is 4.79 Å². The van der Waals surface area contributed by atoms with Crippen molar-refractivity contribution in [3.63, 3.8) is 0 Å². The Hall–Kier alpha value is -1.59. The smallest absolute Gasteiger partial charge is 0.258 e. The van der Waals surface area contributed by atoms with Gasteiger partial charge in [0.1, 0.15) is 5.75 Å². The number of benzene rings is 1. The molecule has 1 heterocycles. The van der Waals surface area contributed by atoms with Gasteiger partial charge in [-0.1, -0.05) is 12.1 Å². The second-order valence-corrected chi connectivity index (χ2v) is 5.16. The van der Waals surface area contributed by atoms with Crippen LogP contribution in [0.4, 0.5) is 0 Å². The minimum atomic E-state index is -0.122. The molecule has 1 atom stereocenters. The predicted octanol–water partition coefficient (Wildman–Crippen LogP) is 0.821. The van der Waals surface area contributed by atoms with Gasteiger partial charge in [0.05, 0.1) is 12.7 Å². The van der Waals surface area contributed by atoms with Gasteiger partial charge in [-0.2, -0.15) is 0 Å². The molecule has 1 N–H and O–H groups in total. The first-order chi connectivity index (χ1) is 9.63. The fourth-order valence-electron chi connectivity index (χ4n) is 2.12. The average molecular weight is 278 g/mol. The summed E-state index contributed by atoms with van der Waals surface area (Å²) in [7, 11) is 2.05. The highest BCUT2D eigenvalue weighted by atomic mass is 16.5. The van der Waals surface area contributed by atoms with Crippen molar-refractivity contribution in [3.05, 3.63) is 29.8 Å². The van der Waals surface area contributed by atoms with Crippen LogP contribution in [0.3, 0.4) is 0 Å². The normalized spacial score (nSPS) is 19.6. The number of nitrogens with one attached hydrogen (secondary N) is 1. The number of hydrogen-bond donors (Lipinski definition) is 1. The number of carbonyl (C=O) groups excluding carboxylic acids is 1. The molecule has 0 saturated carbocycles. The van der Waals surface area contributed by atoms with Gasteiger partial charge in [-0.15, -0.1) is 0 Å². The van der Waals surface area contributed by atoms with Crippen LogP contribution in [0, 0.1) is 6.92 Å². The molecule has 0 aromatic heterocycles. The molecule has 2 rings (SSSR count). The van der Waals surface area contributed by atoms with Gasteiger partial charge in [0.15, 0.2) is 6.61 Å². The molecule has 1 fully saturated rings. The van der Waals surface area contributed by atoms with Gasteiger partial charge in [-0.05, 0) is 31.7 Å². The Labute approximate surface area is 119 Å². The standard InChI is InChI=1S/C15H22N2O3/c1-12-4-3-5-13(8-12)20-11-15(18)16-9-14-10-17(2)6-7-19-14/h3-5,8,14H,6-7,9-11H2,1-2H3,(H,16,18). The van der Waals surface area contributed by atoms with Crippen molar-refractivity contribution in [2.24, 2.45) is 0 Å². The lowest BCUT2D eigenvalue weighted by Gasteiger charge is -2.30. The molecule has 1 aromatic rings. The number of ether oxygens (including phenoxy) is 2. The van der Waals surface area contributed by atoms with Gasteiger partial charge < -0.3 is 19.7 Å². The van der Waals surface area contributed by atoms with Gasteiger partial charge >= 0.3 is 0 Å². The highest BCUT2D eigenvalue weighted by molar-refractivity contribution is 5.77. The molecule has 0 radical (unpaired) electrons. The van der Waals surface area contributed by atoms with Crippen LogP contribution in [-0.2, 0) is 9.53 Å². The molecule has 0 aliphatic carbocycles. The maximum Gasteiger partial charge on any atom is 0.258 e. The summed E-state index contributed by atoms with van der Waals surface area (Å²) in [6, 6.07) is 7.66. The van der Waals surface area contributed by atoms with Crippen molar-refractivity contribution in [1.82, 2.24) is 10.2 Å². The van der Waals surface area contributed by atoms with Crippen LogP contribution < -0.4 is 10.1 Å². The van der Waals surface area contributed by atoms with Crippen molar-refractivity contribution < 1.29 is 14.3 Å². The maximum atomic E-state index is 11.7. The number of likely N-dealkylation sites (N-methyl/N-ethyl adjacent to an activating group) is 1. The van der Waals surface area contributed by atoms with E-state index in [1.54, 1.807) is 0 Å². The minimum absolute atomic E-state index is 0.0337. The van der Waals surface area contributed by atoms with Crippen LogP contribution in [-0.4, -0.2) is 56.8 Å². The molecule has 5 heteroatoms. The Morgan fingerprint density at radius 3 is 3.15 bits per heavy atom. The second-order valence-electron chi connectivity index (χ2n) is 5.16. The van der Waals surface area contributed by atoms with E-state index < -0.39 is 0 Å². The molecule has 1 aromatic carbocycles. The number of hydrogen-bond acceptors (Lipinski definition) is 4. The van der Waals surface area contributed by atoms with E-state index in [9.17, 15) is 4.79 Å². The number of amides is 1. The molecular weight excluding hydrogens is 256 g/mol. The Morgan fingerprint density at radius 1 is 1.55 bits per heavy atom. The lowest BCUT2D eigenvalue weighted by molar-refractivity contribution is -0.124. The fourth-order valence-corrected chi connectivity index (χ4v) is 2.12. The summed E-state index contributed by atoms with van der Waals surface area (Å²) in [5.74, 6) is 0.595. The summed E-state index contributed by atoms with van der Waals surface area (Å²) in [6.07, 6.45) is 0.0664. The van der Waals surface area contributed by atoms with Crippen LogP contribution in [0.5, 0.6) is 5.75 Å². The first kappa shape index (κ1) is 14.8. The van der Waals surface area contributed by atoms with Crippen molar-refractivity contribution in [2.45, 2.75) is 13.0 Å². The SMILES string of the molecule is Cc1cccc(OCC(=O)NCC2CN(C)CCO2)c1. The van der Waals surface area contributed by atoms with Gasteiger partial charge in [0.2, 0.25) is 0 Å². The van der Waals surface area contributed by atoms with E-state index in [1.807, 2.05) is 31.2 Å². The van der Waals surface area contributed by atoms with Gasteiger partial charge in [-0.25, -0.2) is 0 Å². The van der Waals surface area contributed by atoms with Crippen molar-refractivity contribution in [1.29, 1.82) is 0 Å². The molecule has 0 spiro atoms. The Morgan fingerprint density at radius 2 is 2.40 bits per heavy atom. The third-order valence-electron chi connectivity index (χ3n) is 3.23. The highest BCUT2D eigenvalue weighted by Crippen LogP contribution is 2.11. The van der Waals surface area contributed by atoms with Crippen molar-refractivity contribution in [3.8, 4) is 5.75 Å². The number of rotatable bonds is 5. The lowest BCUT2D eigenvalue weighted by atomic mass is 10.2. The Kier molecular flexibility index (Phi) is 5.38. The molecule has 1 unspecified atom stereocenters. The number of aryl methyl sites for hydroxylation is 1. The predicted molar refractivity (Wildman–Crippen MR) is 76.9 cm³/mol. The number of morpholine rings is 1. The third-order valence-corrected chi connectivity index (χ3v) is 3.23. The van der Waals surface area contributed by atoms with Crippen LogP contribution in [0.2, 0.25) is 0 Å². The van der Waals surface area contributed by atoms with E-state index in [1.165, 1.54) is 0 Å². The zero-order valence-corrected chi connectivity index (χ0v) is 12.1. The quantitative estimate of drug-likeness (QED) is 0.866. The summed E-state index contributed by atoms with van der Waals surface area (Å²) >= 11 is 0. The van der Waals surface area contributed by atoms with Crippen molar-refractivity contribution in [2.75, 3.05) is 39.9 Å². The monoisotopic (exact) mass is 278 g/mol. The van der Waals surface area contributed by atoms with Crippen LogP contribution >= 0.6 is 0 Å².